The first-order valence-electron chi connectivity index (χ1n) is 12.1. The summed E-state index contributed by atoms with van der Waals surface area (Å²) in [6.45, 7) is 10.8. The molecule has 1 saturated heterocycles. The molecule has 4 rings (SSSR count). The Kier molecular flexibility index (Phi) is 7.03. The molecule has 2 aromatic carbocycles. The monoisotopic (exact) mass is 459 g/mol. The van der Waals surface area contributed by atoms with E-state index in [2.05, 4.69) is 53.8 Å². The van der Waals surface area contributed by atoms with Crippen LogP contribution in [0.25, 0.3) is 22.5 Å². The lowest BCUT2D eigenvalue weighted by atomic mass is 9.92. The van der Waals surface area contributed by atoms with E-state index < -0.39 is 11.1 Å². The van der Waals surface area contributed by atoms with Crippen molar-refractivity contribution in [1.29, 1.82) is 0 Å². The highest BCUT2D eigenvalue weighted by atomic mass is 16.5. The highest BCUT2D eigenvalue weighted by molar-refractivity contribution is 5.78. The van der Waals surface area contributed by atoms with Gasteiger partial charge in [0, 0.05) is 22.2 Å². The number of hydrogen-bond acceptors (Lipinski definition) is 6. The third-order valence-electron chi connectivity index (χ3n) is 6.48. The van der Waals surface area contributed by atoms with E-state index >= 15 is 0 Å². The summed E-state index contributed by atoms with van der Waals surface area (Å²) in [5.74, 6) is 1.10. The van der Waals surface area contributed by atoms with Gasteiger partial charge >= 0.3 is 0 Å². The molecule has 3 aromatic rings. The zero-order chi connectivity index (χ0) is 24.3. The van der Waals surface area contributed by atoms with Crippen LogP contribution in [-0.2, 0) is 11.1 Å². The molecule has 5 N–H and O–H groups in total. The van der Waals surface area contributed by atoms with E-state index in [1.165, 1.54) is 0 Å². The van der Waals surface area contributed by atoms with E-state index in [-0.39, 0.29) is 0 Å². The molecule has 0 aliphatic carbocycles. The Morgan fingerprint density at radius 3 is 1.82 bits per heavy atom. The molecule has 0 spiro atoms. The summed E-state index contributed by atoms with van der Waals surface area (Å²) in [6, 6.07) is 16.5. The van der Waals surface area contributed by atoms with Crippen molar-refractivity contribution in [1.82, 2.24) is 15.3 Å². The van der Waals surface area contributed by atoms with Gasteiger partial charge in [-0.2, -0.15) is 0 Å². The van der Waals surface area contributed by atoms with Crippen LogP contribution in [0.15, 0.2) is 54.7 Å². The summed E-state index contributed by atoms with van der Waals surface area (Å²) in [7, 11) is 0. The largest absolute Gasteiger partial charge is 0.476 e. The maximum Gasteiger partial charge on any atom is 0.232 e. The van der Waals surface area contributed by atoms with Gasteiger partial charge in [-0.3, -0.25) is 0 Å². The van der Waals surface area contributed by atoms with Crippen LogP contribution >= 0.6 is 0 Å². The van der Waals surface area contributed by atoms with E-state index in [1.807, 2.05) is 27.7 Å². The SMILES string of the molecule is CC(C)(N)c1ccc(-c2ncc(OCC3CCNCC3)nc2-c2ccc(C(C)(C)N)cc2)cc1. The molecule has 0 unspecified atom stereocenters. The summed E-state index contributed by atoms with van der Waals surface area (Å²) >= 11 is 0. The second-order valence-corrected chi connectivity index (χ2v) is 10.5. The Morgan fingerprint density at radius 1 is 0.824 bits per heavy atom. The van der Waals surface area contributed by atoms with E-state index in [0.29, 0.717) is 18.4 Å². The molecule has 0 amide bonds. The maximum absolute atomic E-state index is 6.29. The summed E-state index contributed by atoms with van der Waals surface area (Å²) < 4.78 is 6.10. The number of hydrogen-bond donors (Lipinski definition) is 3. The Balaban J connectivity index is 1.68. The lowest BCUT2D eigenvalue weighted by Crippen LogP contribution is -2.30. The predicted molar refractivity (Wildman–Crippen MR) is 138 cm³/mol. The van der Waals surface area contributed by atoms with Gasteiger partial charge in [0.2, 0.25) is 5.88 Å². The topological polar surface area (TPSA) is 99.1 Å². The number of nitrogens with zero attached hydrogens (tertiary/aromatic N) is 2. The third-order valence-corrected chi connectivity index (χ3v) is 6.48. The van der Waals surface area contributed by atoms with Crippen molar-refractivity contribution in [3.63, 3.8) is 0 Å². The van der Waals surface area contributed by atoms with E-state index in [1.54, 1.807) is 6.20 Å². The molecule has 34 heavy (non-hydrogen) atoms. The fraction of sp³-hybridized carbons (Fsp3) is 0.429. The minimum absolute atomic E-state index is 0.399. The molecule has 1 aliphatic rings. The quantitative estimate of drug-likeness (QED) is 0.478. The van der Waals surface area contributed by atoms with Gasteiger partial charge in [0.15, 0.2) is 0 Å². The lowest BCUT2D eigenvalue weighted by Gasteiger charge is -2.22. The number of rotatable bonds is 7. The van der Waals surface area contributed by atoms with Gasteiger partial charge in [-0.1, -0.05) is 48.5 Å². The van der Waals surface area contributed by atoms with Gasteiger partial charge in [0.1, 0.15) is 5.69 Å². The molecule has 0 radical (unpaired) electrons. The zero-order valence-electron chi connectivity index (χ0n) is 20.8. The minimum Gasteiger partial charge on any atom is -0.476 e. The molecule has 180 valence electrons. The number of benzene rings is 2. The second-order valence-electron chi connectivity index (χ2n) is 10.5. The van der Waals surface area contributed by atoms with E-state index in [9.17, 15) is 0 Å². The van der Waals surface area contributed by atoms with Gasteiger partial charge in [0.25, 0.3) is 0 Å². The van der Waals surface area contributed by atoms with Gasteiger partial charge in [-0.25, -0.2) is 9.97 Å². The van der Waals surface area contributed by atoms with Crippen molar-refractivity contribution in [3.05, 3.63) is 65.9 Å². The van der Waals surface area contributed by atoms with Crippen molar-refractivity contribution < 1.29 is 4.74 Å². The summed E-state index contributed by atoms with van der Waals surface area (Å²) in [6.07, 6.45) is 3.98. The summed E-state index contributed by atoms with van der Waals surface area (Å²) in [5.41, 5.74) is 17.5. The Morgan fingerprint density at radius 2 is 1.32 bits per heavy atom. The average molecular weight is 460 g/mol. The molecule has 1 aromatic heterocycles. The van der Waals surface area contributed by atoms with Crippen LogP contribution in [0.3, 0.4) is 0 Å². The molecular formula is C28H37N5O. The molecule has 6 heteroatoms. The van der Waals surface area contributed by atoms with Crippen LogP contribution in [-0.4, -0.2) is 29.7 Å². The smallest absolute Gasteiger partial charge is 0.232 e. The predicted octanol–water partition coefficient (Wildman–Crippen LogP) is 4.58. The van der Waals surface area contributed by atoms with E-state index in [0.717, 1.165) is 59.6 Å². The second kappa shape index (κ2) is 9.82. The standard InChI is InChI=1S/C28H37N5O/c1-27(2,29)22-9-5-20(6-10-22)25-26(21-7-11-23(12-8-21)28(3,4)30)33-24(17-32-25)34-18-19-13-15-31-16-14-19/h5-12,17,19,31H,13-16,18,29-30H2,1-4H3. The van der Waals surface area contributed by atoms with E-state index in [4.69, 9.17) is 26.2 Å². The van der Waals surface area contributed by atoms with Crippen molar-refractivity contribution in [3.8, 4) is 28.4 Å². The molecule has 1 fully saturated rings. The number of nitrogens with one attached hydrogen (secondary N) is 1. The van der Waals surface area contributed by atoms with Crippen LogP contribution in [0, 0.1) is 5.92 Å². The number of ether oxygens (including phenoxy) is 1. The third kappa shape index (κ3) is 5.81. The lowest BCUT2D eigenvalue weighted by molar-refractivity contribution is 0.208. The fourth-order valence-electron chi connectivity index (χ4n) is 4.22. The highest BCUT2D eigenvalue weighted by Gasteiger charge is 2.19. The van der Waals surface area contributed by atoms with Gasteiger partial charge in [-0.05, 0) is 70.7 Å². The molecule has 2 heterocycles. The number of nitrogens with two attached hydrogens (primary N) is 2. The van der Waals surface area contributed by atoms with Crippen LogP contribution in [0.5, 0.6) is 5.88 Å². The molecule has 0 saturated carbocycles. The Labute approximate surface area is 203 Å². The zero-order valence-corrected chi connectivity index (χ0v) is 20.8. The first-order chi connectivity index (χ1) is 16.1. The van der Waals surface area contributed by atoms with Crippen LogP contribution in [0.1, 0.15) is 51.7 Å². The van der Waals surface area contributed by atoms with Gasteiger partial charge in [0.05, 0.1) is 18.5 Å². The normalized spacial score (nSPS) is 15.4. The molecule has 1 aliphatic heterocycles. The fourth-order valence-corrected chi connectivity index (χ4v) is 4.22. The number of piperidine rings is 1. The van der Waals surface area contributed by atoms with Crippen LogP contribution < -0.4 is 21.5 Å². The highest BCUT2D eigenvalue weighted by Crippen LogP contribution is 2.32. The number of aromatic nitrogens is 2. The first kappa shape index (κ1) is 24.3. The Hall–Kier alpha value is -2.80. The molecule has 6 nitrogen and oxygen atoms in total. The van der Waals surface area contributed by atoms with Crippen LogP contribution in [0.4, 0.5) is 0 Å². The first-order valence-corrected chi connectivity index (χ1v) is 12.1. The van der Waals surface area contributed by atoms with Gasteiger partial charge in [-0.15, -0.1) is 0 Å². The summed E-state index contributed by atoms with van der Waals surface area (Å²) in [4.78, 5) is 9.71. The average Bonchev–Trinajstić information content (AvgIpc) is 2.82. The molecule has 0 bridgehead atoms. The minimum atomic E-state index is -0.405. The summed E-state index contributed by atoms with van der Waals surface area (Å²) in [5, 5.41) is 3.40. The van der Waals surface area contributed by atoms with Gasteiger partial charge < -0.3 is 21.5 Å². The van der Waals surface area contributed by atoms with Crippen LogP contribution in [0.2, 0.25) is 0 Å². The molecular weight excluding hydrogens is 422 g/mol. The van der Waals surface area contributed by atoms with Crippen molar-refractivity contribution in [2.24, 2.45) is 17.4 Å². The van der Waals surface area contributed by atoms with Crippen molar-refractivity contribution in [2.45, 2.75) is 51.6 Å². The molecule has 0 atom stereocenters. The van der Waals surface area contributed by atoms with Crippen molar-refractivity contribution in [2.75, 3.05) is 19.7 Å². The van der Waals surface area contributed by atoms with Crippen molar-refractivity contribution >= 4 is 0 Å². The maximum atomic E-state index is 6.29. The Bertz CT molecular complexity index is 1090.